The largest absolute Gasteiger partial charge is 0.477 e. The Morgan fingerprint density at radius 1 is 0.972 bits per heavy atom. The molecule has 2 aliphatic rings. The molecular formula is C26H24Cl2N4O4. The molecule has 2 aromatic heterocycles. The molecule has 0 bridgehead atoms. The molecule has 0 radical (unpaired) electrons. The van der Waals surface area contributed by atoms with Gasteiger partial charge in [-0.2, -0.15) is 0 Å². The highest BCUT2D eigenvalue weighted by Crippen LogP contribution is 2.38. The number of amides is 1. The maximum absolute atomic E-state index is 12.8. The molecule has 2 aromatic carbocycles. The van der Waals surface area contributed by atoms with E-state index in [-0.39, 0.29) is 23.8 Å². The van der Waals surface area contributed by atoms with Crippen molar-refractivity contribution in [3.05, 3.63) is 70.1 Å². The van der Waals surface area contributed by atoms with Crippen LogP contribution in [0, 0.1) is 5.92 Å². The van der Waals surface area contributed by atoms with E-state index in [0.717, 1.165) is 42.3 Å². The maximum atomic E-state index is 12.8. The van der Waals surface area contributed by atoms with Gasteiger partial charge >= 0.3 is 0 Å². The number of hydrogen-bond donors (Lipinski definition) is 2. The summed E-state index contributed by atoms with van der Waals surface area (Å²) in [5, 5.41) is 17.1. The van der Waals surface area contributed by atoms with Crippen molar-refractivity contribution in [3.8, 4) is 5.75 Å². The van der Waals surface area contributed by atoms with Crippen LogP contribution in [0.4, 0.5) is 5.69 Å². The number of halogens is 2. The number of hydrogen-bond acceptors (Lipinski definition) is 7. The summed E-state index contributed by atoms with van der Waals surface area (Å²) >= 11 is 12.1. The molecule has 0 spiro atoms. The third-order valence-electron chi connectivity index (χ3n) is 6.83. The third kappa shape index (κ3) is 4.75. The van der Waals surface area contributed by atoms with Crippen molar-refractivity contribution in [1.29, 1.82) is 0 Å². The summed E-state index contributed by atoms with van der Waals surface area (Å²) in [5.74, 6) is 2.60. The molecule has 1 fully saturated rings. The van der Waals surface area contributed by atoms with Gasteiger partial charge in [0.05, 0.1) is 18.8 Å². The van der Waals surface area contributed by atoms with E-state index >= 15 is 0 Å². The first-order valence-corrected chi connectivity index (χ1v) is 12.8. The summed E-state index contributed by atoms with van der Waals surface area (Å²) in [5.41, 5.74) is 1.60. The highest BCUT2D eigenvalue weighted by molar-refractivity contribution is 6.31. The molecule has 10 heteroatoms. The van der Waals surface area contributed by atoms with Gasteiger partial charge in [-0.15, -0.1) is 10.2 Å². The van der Waals surface area contributed by atoms with Crippen LogP contribution < -0.4 is 15.4 Å². The van der Waals surface area contributed by atoms with Gasteiger partial charge in [0.25, 0.3) is 5.89 Å². The molecule has 36 heavy (non-hydrogen) atoms. The molecule has 6 rings (SSSR count). The van der Waals surface area contributed by atoms with Crippen molar-refractivity contribution in [3.63, 3.8) is 0 Å². The average molecular weight is 527 g/mol. The summed E-state index contributed by atoms with van der Waals surface area (Å²) in [6.07, 6.45) is 2.79. The molecule has 1 atom stereocenters. The molecule has 1 aliphatic heterocycles. The van der Waals surface area contributed by atoms with Gasteiger partial charge in [-0.3, -0.25) is 4.79 Å². The van der Waals surface area contributed by atoms with Crippen LogP contribution in [0.1, 0.15) is 55.2 Å². The van der Waals surface area contributed by atoms with E-state index in [4.69, 9.17) is 36.8 Å². The third-order valence-corrected chi connectivity index (χ3v) is 7.30. The van der Waals surface area contributed by atoms with Gasteiger partial charge < -0.3 is 24.2 Å². The number of benzene rings is 2. The molecule has 8 nitrogen and oxygen atoms in total. The van der Waals surface area contributed by atoms with Crippen LogP contribution in [0.3, 0.4) is 0 Å². The fourth-order valence-electron chi connectivity index (χ4n) is 4.90. The van der Waals surface area contributed by atoms with Crippen molar-refractivity contribution < 1.29 is 18.4 Å². The molecule has 3 heterocycles. The number of rotatable bonds is 5. The van der Waals surface area contributed by atoms with Crippen molar-refractivity contribution in [2.75, 3.05) is 11.9 Å². The van der Waals surface area contributed by atoms with E-state index in [2.05, 4.69) is 20.8 Å². The first-order chi connectivity index (χ1) is 17.5. The van der Waals surface area contributed by atoms with Crippen LogP contribution >= 0.6 is 23.2 Å². The topological polar surface area (TPSA) is 102 Å². The van der Waals surface area contributed by atoms with Crippen LogP contribution in [0.25, 0.3) is 11.0 Å². The number of nitrogens with zero attached hydrogens (tertiary/aromatic N) is 2. The number of carbonyl (C=O) groups excluding carboxylic acids is 1. The lowest BCUT2D eigenvalue weighted by molar-refractivity contribution is -0.126. The van der Waals surface area contributed by atoms with E-state index in [9.17, 15) is 4.79 Å². The molecule has 1 saturated carbocycles. The Morgan fingerprint density at radius 2 is 1.75 bits per heavy atom. The summed E-state index contributed by atoms with van der Waals surface area (Å²) in [4.78, 5) is 12.8. The maximum Gasteiger partial charge on any atom is 0.258 e. The van der Waals surface area contributed by atoms with Crippen LogP contribution in [0.5, 0.6) is 5.75 Å². The van der Waals surface area contributed by atoms with Crippen molar-refractivity contribution in [2.24, 2.45) is 5.92 Å². The van der Waals surface area contributed by atoms with E-state index in [0.29, 0.717) is 46.4 Å². The zero-order chi connectivity index (χ0) is 24.6. The number of anilines is 1. The van der Waals surface area contributed by atoms with E-state index in [1.807, 2.05) is 30.3 Å². The molecule has 1 unspecified atom stereocenters. The number of nitrogens with one attached hydrogen (secondary N) is 2. The van der Waals surface area contributed by atoms with Gasteiger partial charge in [-0.25, -0.2) is 0 Å². The van der Waals surface area contributed by atoms with Crippen molar-refractivity contribution in [1.82, 2.24) is 15.5 Å². The molecule has 1 amide bonds. The van der Waals surface area contributed by atoms with Crippen LogP contribution in [0.15, 0.2) is 51.3 Å². The van der Waals surface area contributed by atoms with Crippen LogP contribution in [-0.4, -0.2) is 22.6 Å². The lowest BCUT2D eigenvalue weighted by Gasteiger charge is -2.26. The zero-order valence-electron chi connectivity index (χ0n) is 19.3. The second-order valence-electron chi connectivity index (χ2n) is 9.27. The number of ether oxygens (including phenoxy) is 1. The first kappa shape index (κ1) is 23.2. The molecule has 1 aliphatic carbocycles. The molecule has 2 N–H and O–H groups in total. The number of furan rings is 1. The SMILES string of the molecule is O=C(NCc1cc2cc(Cl)ccc2o1)C1CCC(c2nnc(C3CNc4cc(Cl)ccc4O3)o2)CC1. The molecule has 186 valence electrons. The lowest BCUT2D eigenvalue weighted by atomic mass is 9.81. The Morgan fingerprint density at radius 3 is 2.61 bits per heavy atom. The quantitative estimate of drug-likeness (QED) is 0.316. The fourth-order valence-corrected chi connectivity index (χ4v) is 5.25. The van der Waals surface area contributed by atoms with Gasteiger partial charge in [0.15, 0.2) is 6.10 Å². The Bertz CT molecular complexity index is 1410. The standard InChI is InChI=1S/C26H24Cl2N4O4/c27-17-5-7-21-16(9-17)10-19(34-21)12-30-24(33)14-1-3-15(4-2-14)25-31-32-26(36-25)23-13-29-20-11-18(28)6-8-22(20)35-23/h5-11,14-15,23,29H,1-4,12-13H2,(H,30,33). The van der Waals surface area contributed by atoms with Crippen LogP contribution in [-0.2, 0) is 11.3 Å². The molecule has 4 aromatic rings. The number of aromatic nitrogens is 2. The van der Waals surface area contributed by atoms with E-state index < -0.39 is 0 Å². The smallest absolute Gasteiger partial charge is 0.258 e. The van der Waals surface area contributed by atoms with Crippen LogP contribution in [0.2, 0.25) is 10.0 Å². The second kappa shape index (κ2) is 9.67. The number of fused-ring (bicyclic) bond motifs is 2. The minimum absolute atomic E-state index is 0.0404. The Kier molecular flexibility index (Phi) is 6.23. The Hall–Kier alpha value is -3.23. The predicted molar refractivity (Wildman–Crippen MR) is 135 cm³/mol. The molecule has 0 saturated heterocycles. The minimum Gasteiger partial charge on any atom is -0.477 e. The number of carbonyl (C=O) groups is 1. The lowest BCUT2D eigenvalue weighted by Crippen LogP contribution is -2.32. The van der Waals surface area contributed by atoms with Crippen molar-refractivity contribution >= 4 is 45.8 Å². The Balaban J connectivity index is 1.01. The monoisotopic (exact) mass is 526 g/mol. The summed E-state index contributed by atoms with van der Waals surface area (Å²) < 4.78 is 17.8. The average Bonchev–Trinajstić information content (AvgIpc) is 3.54. The van der Waals surface area contributed by atoms with Gasteiger partial charge in [0, 0.05) is 27.3 Å². The van der Waals surface area contributed by atoms with Gasteiger partial charge in [-0.1, -0.05) is 23.2 Å². The van der Waals surface area contributed by atoms with Gasteiger partial charge in [-0.05, 0) is 68.1 Å². The summed E-state index contributed by atoms with van der Waals surface area (Å²) in [7, 11) is 0. The second-order valence-corrected chi connectivity index (χ2v) is 10.1. The fraction of sp³-hybridized carbons (Fsp3) is 0.346. The minimum atomic E-state index is -0.365. The van der Waals surface area contributed by atoms with Gasteiger partial charge in [0.1, 0.15) is 17.1 Å². The summed E-state index contributed by atoms with van der Waals surface area (Å²) in [6.45, 7) is 0.864. The normalized spacial score (nSPS) is 21.4. The first-order valence-electron chi connectivity index (χ1n) is 12.0. The predicted octanol–water partition coefficient (Wildman–Crippen LogP) is 6.26. The van der Waals surface area contributed by atoms with Crippen molar-refractivity contribution in [2.45, 2.75) is 44.2 Å². The summed E-state index contributed by atoms with van der Waals surface area (Å²) in [6, 6.07) is 12.8. The van der Waals surface area contributed by atoms with Gasteiger partial charge in [0.2, 0.25) is 11.8 Å². The highest BCUT2D eigenvalue weighted by atomic mass is 35.5. The highest BCUT2D eigenvalue weighted by Gasteiger charge is 2.32. The molecular weight excluding hydrogens is 503 g/mol. The zero-order valence-corrected chi connectivity index (χ0v) is 20.8. The van der Waals surface area contributed by atoms with E-state index in [1.165, 1.54) is 0 Å². The Labute approximate surface area is 217 Å². The van der Waals surface area contributed by atoms with E-state index in [1.54, 1.807) is 12.1 Å².